The highest BCUT2D eigenvalue weighted by Gasteiger charge is 2.28. The molecule has 0 aromatic rings. The molecule has 9 heteroatoms. The number of rotatable bonds is 4. The summed E-state index contributed by atoms with van der Waals surface area (Å²) < 4.78 is -1.29. The molecule has 0 amide bonds. The Morgan fingerprint density at radius 3 is 1.05 bits per heavy atom. The molecule has 0 spiro atoms. The summed E-state index contributed by atoms with van der Waals surface area (Å²) in [5.41, 5.74) is 10.4. The summed E-state index contributed by atoms with van der Waals surface area (Å²) in [5, 5.41) is 16.7. The van der Waals surface area contributed by atoms with Crippen molar-refractivity contribution in [3.63, 3.8) is 0 Å². The number of carbonyl (C=O) groups is 2. The topological polar surface area (TPSA) is 127 Å². The highest BCUT2D eigenvalue weighted by molar-refractivity contribution is 7.82. The second-order valence-electron chi connectivity index (χ2n) is 4.94. The zero-order chi connectivity index (χ0) is 15.3. The highest BCUT2D eigenvalue weighted by Crippen LogP contribution is 2.15. The third-order valence-corrected chi connectivity index (χ3v) is 2.61. The Bertz CT molecular complexity index is 270. The largest absolute Gasteiger partial charge is 0.480 e. The van der Waals surface area contributed by atoms with Gasteiger partial charge in [0, 0.05) is 9.49 Å². The van der Waals surface area contributed by atoms with E-state index < -0.39 is 33.5 Å². The normalized spacial score (nSPS) is 14.3. The lowest BCUT2D eigenvalue weighted by atomic mass is 10.1. The van der Waals surface area contributed by atoms with Crippen molar-refractivity contribution in [2.75, 3.05) is 0 Å². The molecule has 0 saturated heterocycles. The van der Waals surface area contributed by atoms with E-state index in [1.54, 1.807) is 27.7 Å². The first-order valence-electron chi connectivity index (χ1n) is 5.12. The fraction of sp³-hybridized carbons (Fsp3) is 0.800. The number of hydrogen-bond acceptors (Lipinski definition) is 6. The van der Waals surface area contributed by atoms with Gasteiger partial charge in [-0.1, -0.05) is 0 Å². The summed E-state index contributed by atoms with van der Waals surface area (Å²) in [4.78, 5) is 20.3. The number of thiol groups is 2. The molecule has 116 valence electrons. The smallest absolute Gasteiger partial charge is 0.321 e. The highest BCUT2D eigenvalue weighted by atomic mass is 32.1. The predicted octanol–water partition coefficient (Wildman–Crippen LogP) is 0.326. The Morgan fingerprint density at radius 1 is 0.895 bits per heavy atom. The average Bonchev–Trinajstić information content (AvgIpc) is 2.13. The van der Waals surface area contributed by atoms with E-state index in [0.717, 1.165) is 0 Å². The van der Waals surface area contributed by atoms with Crippen LogP contribution < -0.4 is 11.5 Å². The fourth-order valence-electron chi connectivity index (χ4n) is 0.604. The molecular weight excluding hydrogens is 308 g/mol. The van der Waals surface area contributed by atoms with Crippen LogP contribution in [0, 0.1) is 0 Å². The zero-order valence-electron chi connectivity index (χ0n) is 11.4. The van der Waals surface area contributed by atoms with Crippen molar-refractivity contribution in [2.45, 2.75) is 49.3 Å². The van der Waals surface area contributed by atoms with Crippen LogP contribution in [0.4, 0.5) is 0 Å². The predicted molar refractivity (Wildman–Crippen MR) is 87.7 cm³/mol. The fourth-order valence-corrected chi connectivity index (χ4v) is 0.825. The molecular formula is C10H24N2O4S3. The van der Waals surface area contributed by atoms with E-state index in [1.807, 2.05) is 0 Å². The van der Waals surface area contributed by atoms with Crippen molar-refractivity contribution in [2.24, 2.45) is 11.5 Å². The Labute approximate surface area is 131 Å². The van der Waals surface area contributed by atoms with Gasteiger partial charge >= 0.3 is 11.9 Å². The lowest BCUT2D eigenvalue weighted by Crippen LogP contribution is -2.45. The van der Waals surface area contributed by atoms with Crippen molar-refractivity contribution in [3.8, 4) is 0 Å². The van der Waals surface area contributed by atoms with Crippen LogP contribution in [-0.4, -0.2) is 43.7 Å². The van der Waals surface area contributed by atoms with Gasteiger partial charge in [0.1, 0.15) is 12.1 Å². The number of carboxylic acid groups (broad SMARTS) is 2. The van der Waals surface area contributed by atoms with Gasteiger partial charge < -0.3 is 21.7 Å². The van der Waals surface area contributed by atoms with E-state index in [-0.39, 0.29) is 13.5 Å². The lowest BCUT2D eigenvalue weighted by molar-refractivity contribution is -0.140. The zero-order valence-corrected chi connectivity index (χ0v) is 14.2. The summed E-state index contributed by atoms with van der Waals surface area (Å²) in [6.07, 6.45) is 0. The van der Waals surface area contributed by atoms with Gasteiger partial charge in [-0.2, -0.15) is 38.8 Å². The van der Waals surface area contributed by atoms with Gasteiger partial charge in [0.25, 0.3) is 0 Å². The van der Waals surface area contributed by atoms with Gasteiger partial charge in [0.15, 0.2) is 0 Å². The number of carboxylic acids is 2. The van der Waals surface area contributed by atoms with Gasteiger partial charge in [-0.3, -0.25) is 9.59 Å². The lowest BCUT2D eigenvalue weighted by Gasteiger charge is -2.21. The van der Waals surface area contributed by atoms with Crippen molar-refractivity contribution in [3.05, 3.63) is 0 Å². The molecule has 0 radical (unpaired) electrons. The minimum Gasteiger partial charge on any atom is -0.480 e. The number of aliphatic carboxylic acids is 2. The summed E-state index contributed by atoms with van der Waals surface area (Å²) in [6.45, 7) is 6.65. The quantitative estimate of drug-likeness (QED) is 0.412. The van der Waals surface area contributed by atoms with Crippen molar-refractivity contribution in [1.29, 1.82) is 0 Å². The minimum atomic E-state index is -1.02. The van der Waals surface area contributed by atoms with Crippen LogP contribution in [0.3, 0.4) is 0 Å². The van der Waals surface area contributed by atoms with Gasteiger partial charge in [-0.25, -0.2) is 0 Å². The third kappa shape index (κ3) is 11.4. The minimum absolute atomic E-state index is 0. The Kier molecular flexibility index (Phi) is 11.3. The molecule has 6 nitrogen and oxygen atoms in total. The van der Waals surface area contributed by atoms with Gasteiger partial charge in [0.05, 0.1) is 0 Å². The molecule has 0 saturated carbocycles. The Morgan fingerprint density at radius 2 is 1.05 bits per heavy atom. The molecule has 2 atom stereocenters. The van der Waals surface area contributed by atoms with Crippen LogP contribution in [0.25, 0.3) is 0 Å². The van der Waals surface area contributed by atoms with Gasteiger partial charge in [-0.05, 0) is 27.7 Å². The van der Waals surface area contributed by atoms with Crippen molar-refractivity contribution < 1.29 is 19.8 Å². The standard InChI is InChI=1S/2C5H11NO2S.H2S/c2*1-5(2,9)3(6)4(7)8;/h2*3,9H,6H2,1-2H3,(H,7,8);1H2/t2*3-;/m00./s1. The number of hydrogen-bond donors (Lipinski definition) is 6. The first-order valence-corrected chi connectivity index (χ1v) is 6.02. The van der Waals surface area contributed by atoms with E-state index in [1.165, 1.54) is 0 Å². The molecule has 19 heavy (non-hydrogen) atoms. The monoisotopic (exact) mass is 332 g/mol. The molecule has 0 heterocycles. The molecule has 0 aliphatic heterocycles. The maximum atomic E-state index is 10.2. The molecule has 0 rings (SSSR count). The van der Waals surface area contributed by atoms with Crippen LogP contribution in [-0.2, 0) is 9.59 Å². The molecule has 0 aliphatic carbocycles. The van der Waals surface area contributed by atoms with E-state index in [4.69, 9.17) is 21.7 Å². The second-order valence-corrected chi connectivity index (χ2v) is 7.24. The summed E-state index contributed by atoms with van der Waals surface area (Å²) in [7, 11) is 0. The SMILES string of the molecule is CC(C)(S)[C@@H](N)C(=O)O.CC(C)(S)[C@@H](N)C(=O)O.S. The van der Waals surface area contributed by atoms with Crippen LogP contribution in [0.15, 0.2) is 0 Å². The first kappa shape index (κ1) is 24.0. The van der Waals surface area contributed by atoms with Crippen LogP contribution in [0.2, 0.25) is 0 Å². The van der Waals surface area contributed by atoms with E-state index in [9.17, 15) is 9.59 Å². The molecule has 0 unspecified atom stereocenters. The van der Waals surface area contributed by atoms with Gasteiger partial charge in [-0.15, -0.1) is 0 Å². The van der Waals surface area contributed by atoms with Crippen LogP contribution in [0.5, 0.6) is 0 Å². The molecule has 0 fully saturated rings. The molecule has 0 aromatic heterocycles. The first-order chi connectivity index (χ1) is 7.71. The van der Waals surface area contributed by atoms with E-state index in [2.05, 4.69) is 25.3 Å². The van der Waals surface area contributed by atoms with Gasteiger partial charge in [0.2, 0.25) is 0 Å². The maximum Gasteiger partial charge on any atom is 0.321 e. The summed E-state index contributed by atoms with van der Waals surface area (Å²) in [5.74, 6) is -2.04. The molecule has 0 bridgehead atoms. The van der Waals surface area contributed by atoms with Crippen molar-refractivity contribution in [1.82, 2.24) is 0 Å². The maximum absolute atomic E-state index is 10.2. The molecule has 0 aromatic carbocycles. The Hall–Kier alpha value is -0.0900. The Balaban J connectivity index is -0.000000256. The molecule has 0 aliphatic rings. The van der Waals surface area contributed by atoms with Crippen LogP contribution >= 0.6 is 38.8 Å². The third-order valence-electron chi connectivity index (χ3n) is 2.05. The molecule has 6 N–H and O–H groups in total. The van der Waals surface area contributed by atoms with E-state index >= 15 is 0 Å². The number of nitrogens with two attached hydrogens (primary N) is 2. The van der Waals surface area contributed by atoms with E-state index in [0.29, 0.717) is 0 Å². The second kappa shape index (κ2) is 8.96. The average molecular weight is 333 g/mol. The summed E-state index contributed by atoms with van der Waals surface area (Å²) >= 11 is 7.97. The van der Waals surface area contributed by atoms with Crippen LogP contribution in [0.1, 0.15) is 27.7 Å². The van der Waals surface area contributed by atoms with Crippen molar-refractivity contribution >= 4 is 50.7 Å². The summed E-state index contributed by atoms with van der Waals surface area (Å²) in [6, 6.07) is -1.80.